The van der Waals surface area contributed by atoms with Gasteiger partial charge in [-0.05, 0) is 60.0 Å². The number of carbonyl (C=O) groups is 2. The maximum absolute atomic E-state index is 13.9. The molecule has 0 bridgehead atoms. The fraction of sp³-hybridized carbons (Fsp3) is 0.367. The standard InChI is InChI=1S/C30H36N4O2S/c1-22-9-6-7-13-27(22)29(30(36)33-25-10-4-3-5-11-25)34(21-26-12-8-18-37-26)28(35)20-32-24-16-14-23(15-17-24)19-31-2/h6-9,12-19,25,29,32H,3-5,10-11,20-21H2,1-2H3,(H,33,36). The van der Waals surface area contributed by atoms with Gasteiger partial charge in [0, 0.05) is 29.9 Å². The summed E-state index contributed by atoms with van der Waals surface area (Å²) in [4.78, 5) is 34.5. The molecule has 1 atom stereocenters. The molecule has 0 radical (unpaired) electrons. The van der Waals surface area contributed by atoms with Gasteiger partial charge < -0.3 is 15.5 Å². The highest BCUT2D eigenvalue weighted by atomic mass is 32.1. The van der Waals surface area contributed by atoms with Gasteiger partial charge >= 0.3 is 0 Å². The summed E-state index contributed by atoms with van der Waals surface area (Å²) in [6.07, 6.45) is 7.25. The summed E-state index contributed by atoms with van der Waals surface area (Å²) in [5.41, 5.74) is 3.70. The second kappa shape index (κ2) is 13.2. The molecule has 1 fully saturated rings. The molecule has 0 spiro atoms. The second-order valence-corrected chi connectivity index (χ2v) is 10.6. The minimum absolute atomic E-state index is 0.0890. The molecule has 194 valence electrons. The van der Waals surface area contributed by atoms with Gasteiger partial charge in [0.15, 0.2) is 0 Å². The zero-order chi connectivity index (χ0) is 26.0. The number of rotatable bonds is 10. The van der Waals surface area contributed by atoms with Crippen molar-refractivity contribution in [2.75, 3.05) is 18.9 Å². The molecule has 1 saturated carbocycles. The summed E-state index contributed by atoms with van der Waals surface area (Å²) in [7, 11) is 1.74. The van der Waals surface area contributed by atoms with Crippen LogP contribution in [0.3, 0.4) is 0 Å². The third-order valence-electron chi connectivity index (χ3n) is 6.85. The van der Waals surface area contributed by atoms with Crippen LogP contribution in [-0.4, -0.2) is 42.6 Å². The van der Waals surface area contributed by atoms with E-state index in [4.69, 9.17) is 0 Å². The van der Waals surface area contributed by atoms with Crippen molar-refractivity contribution < 1.29 is 9.59 Å². The summed E-state index contributed by atoms with van der Waals surface area (Å²) >= 11 is 1.60. The zero-order valence-corrected chi connectivity index (χ0v) is 22.5. The maximum atomic E-state index is 13.9. The monoisotopic (exact) mass is 516 g/mol. The number of hydrogen-bond donors (Lipinski definition) is 2. The molecule has 2 amide bonds. The first-order chi connectivity index (χ1) is 18.0. The highest BCUT2D eigenvalue weighted by molar-refractivity contribution is 7.09. The number of nitrogens with one attached hydrogen (secondary N) is 2. The quantitative estimate of drug-likeness (QED) is 0.338. The SMILES string of the molecule is CN=Cc1ccc(NCC(=O)N(Cc2cccs2)C(C(=O)NC2CCCCC2)c2ccccc2C)cc1. The average Bonchev–Trinajstić information content (AvgIpc) is 3.43. The number of thiophene rings is 1. The van der Waals surface area contributed by atoms with E-state index in [1.807, 2.05) is 73.0 Å². The van der Waals surface area contributed by atoms with E-state index >= 15 is 0 Å². The van der Waals surface area contributed by atoms with Crippen LogP contribution in [0.4, 0.5) is 5.69 Å². The molecule has 2 N–H and O–H groups in total. The molecule has 1 heterocycles. The number of aliphatic imine (C=N–C) groups is 1. The van der Waals surface area contributed by atoms with E-state index in [1.54, 1.807) is 29.5 Å². The number of amides is 2. The predicted molar refractivity (Wildman–Crippen MR) is 152 cm³/mol. The molecule has 1 aromatic heterocycles. The van der Waals surface area contributed by atoms with Crippen LogP contribution >= 0.6 is 11.3 Å². The molecule has 37 heavy (non-hydrogen) atoms. The van der Waals surface area contributed by atoms with E-state index in [-0.39, 0.29) is 24.4 Å². The van der Waals surface area contributed by atoms with Crippen LogP contribution in [0.1, 0.15) is 59.7 Å². The van der Waals surface area contributed by atoms with Crippen molar-refractivity contribution in [1.82, 2.24) is 10.2 Å². The smallest absolute Gasteiger partial charge is 0.247 e. The molecule has 1 aliphatic carbocycles. The van der Waals surface area contributed by atoms with E-state index < -0.39 is 6.04 Å². The highest BCUT2D eigenvalue weighted by Gasteiger charge is 2.33. The topological polar surface area (TPSA) is 73.8 Å². The Hall–Kier alpha value is -3.45. The van der Waals surface area contributed by atoms with Crippen LogP contribution in [0.5, 0.6) is 0 Å². The van der Waals surface area contributed by atoms with Crippen LogP contribution in [0.15, 0.2) is 71.0 Å². The first-order valence-corrected chi connectivity index (χ1v) is 13.9. The van der Waals surface area contributed by atoms with Gasteiger partial charge in [-0.25, -0.2) is 0 Å². The van der Waals surface area contributed by atoms with E-state index in [1.165, 1.54) is 6.42 Å². The largest absolute Gasteiger partial charge is 0.376 e. The number of aryl methyl sites for hydroxylation is 1. The van der Waals surface area contributed by atoms with Crippen LogP contribution in [0.25, 0.3) is 0 Å². The van der Waals surface area contributed by atoms with Crippen molar-refractivity contribution in [1.29, 1.82) is 0 Å². The van der Waals surface area contributed by atoms with E-state index in [9.17, 15) is 9.59 Å². The Labute approximate surface area is 223 Å². The van der Waals surface area contributed by atoms with Crippen molar-refractivity contribution in [3.63, 3.8) is 0 Å². The molecular formula is C30H36N4O2S. The Balaban J connectivity index is 1.60. The Morgan fingerprint density at radius 3 is 2.49 bits per heavy atom. The average molecular weight is 517 g/mol. The minimum Gasteiger partial charge on any atom is -0.376 e. The summed E-state index contributed by atoms with van der Waals surface area (Å²) in [5.74, 6) is -0.228. The molecule has 1 aliphatic rings. The fourth-order valence-corrected chi connectivity index (χ4v) is 5.58. The van der Waals surface area contributed by atoms with E-state index in [0.717, 1.165) is 52.9 Å². The second-order valence-electron chi connectivity index (χ2n) is 9.57. The van der Waals surface area contributed by atoms with Gasteiger partial charge in [0.05, 0.1) is 13.1 Å². The predicted octanol–water partition coefficient (Wildman–Crippen LogP) is 5.74. The Morgan fingerprint density at radius 2 is 1.81 bits per heavy atom. The van der Waals surface area contributed by atoms with Crippen molar-refractivity contribution in [3.8, 4) is 0 Å². The molecule has 7 heteroatoms. The van der Waals surface area contributed by atoms with Crippen LogP contribution < -0.4 is 10.6 Å². The zero-order valence-electron chi connectivity index (χ0n) is 21.7. The van der Waals surface area contributed by atoms with Gasteiger partial charge in [0.25, 0.3) is 0 Å². The first kappa shape index (κ1) is 26.6. The molecule has 6 nitrogen and oxygen atoms in total. The normalized spacial score (nSPS) is 14.9. The molecular weight excluding hydrogens is 480 g/mol. The Morgan fingerprint density at radius 1 is 1.05 bits per heavy atom. The third kappa shape index (κ3) is 7.29. The van der Waals surface area contributed by atoms with Gasteiger partial charge in [-0.15, -0.1) is 11.3 Å². The van der Waals surface area contributed by atoms with Gasteiger partial charge in [-0.1, -0.05) is 61.7 Å². The lowest BCUT2D eigenvalue weighted by Gasteiger charge is -2.34. The van der Waals surface area contributed by atoms with Gasteiger partial charge in [0.2, 0.25) is 11.8 Å². The van der Waals surface area contributed by atoms with Gasteiger partial charge in [-0.2, -0.15) is 0 Å². The van der Waals surface area contributed by atoms with E-state index in [2.05, 4.69) is 15.6 Å². The van der Waals surface area contributed by atoms with Crippen molar-refractivity contribution in [2.45, 2.75) is 57.7 Å². The molecule has 2 aromatic carbocycles. The summed E-state index contributed by atoms with van der Waals surface area (Å²) in [5, 5.41) is 8.54. The maximum Gasteiger partial charge on any atom is 0.247 e. The number of nitrogens with zero attached hydrogens (tertiary/aromatic N) is 2. The van der Waals surface area contributed by atoms with Crippen LogP contribution in [-0.2, 0) is 16.1 Å². The highest BCUT2D eigenvalue weighted by Crippen LogP contribution is 2.29. The minimum atomic E-state index is -0.706. The lowest BCUT2D eigenvalue weighted by molar-refractivity contribution is -0.140. The van der Waals surface area contributed by atoms with E-state index in [0.29, 0.717) is 6.54 Å². The molecule has 1 unspecified atom stereocenters. The summed E-state index contributed by atoms with van der Waals surface area (Å²) in [6, 6.07) is 19.1. The summed E-state index contributed by atoms with van der Waals surface area (Å²) < 4.78 is 0. The lowest BCUT2D eigenvalue weighted by Crippen LogP contribution is -2.48. The summed E-state index contributed by atoms with van der Waals surface area (Å²) in [6.45, 7) is 2.47. The fourth-order valence-electron chi connectivity index (χ4n) is 4.88. The van der Waals surface area contributed by atoms with Crippen LogP contribution in [0.2, 0.25) is 0 Å². The number of carbonyl (C=O) groups excluding carboxylic acids is 2. The van der Waals surface area contributed by atoms with Gasteiger partial charge in [0.1, 0.15) is 6.04 Å². The van der Waals surface area contributed by atoms with Gasteiger partial charge in [-0.3, -0.25) is 14.6 Å². The Kier molecular flexibility index (Phi) is 9.49. The molecule has 3 aromatic rings. The number of benzene rings is 2. The third-order valence-corrected chi connectivity index (χ3v) is 7.71. The van der Waals surface area contributed by atoms with Crippen molar-refractivity contribution in [3.05, 3.63) is 87.6 Å². The Bertz CT molecular complexity index is 1180. The number of anilines is 1. The lowest BCUT2D eigenvalue weighted by atomic mass is 9.94. The van der Waals surface area contributed by atoms with Crippen molar-refractivity contribution in [2.24, 2.45) is 4.99 Å². The molecule has 4 rings (SSSR count). The number of hydrogen-bond acceptors (Lipinski definition) is 5. The molecule has 0 saturated heterocycles. The molecule has 0 aliphatic heterocycles. The first-order valence-electron chi connectivity index (χ1n) is 13.0. The van der Waals surface area contributed by atoms with Crippen LogP contribution in [0, 0.1) is 6.92 Å². The van der Waals surface area contributed by atoms with Crippen molar-refractivity contribution >= 4 is 35.1 Å².